The molecule has 118 valence electrons. The Morgan fingerprint density at radius 3 is 2.27 bits per heavy atom. The van der Waals surface area contributed by atoms with Crippen LogP contribution in [0.1, 0.15) is 44.1 Å². The highest BCUT2D eigenvalue weighted by atomic mass is 35.5. The predicted octanol–water partition coefficient (Wildman–Crippen LogP) is 3.54. The summed E-state index contributed by atoms with van der Waals surface area (Å²) in [5, 5.41) is 0.732. The summed E-state index contributed by atoms with van der Waals surface area (Å²) in [6.07, 6.45) is 6.37. The van der Waals surface area contributed by atoms with E-state index in [-0.39, 0.29) is 17.5 Å². The molecule has 2 bridgehead atoms. The highest BCUT2D eigenvalue weighted by Gasteiger charge is 2.50. The summed E-state index contributed by atoms with van der Waals surface area (Å²) in [6.45, 7) is 1.41. The van der Waals surface area contributed by atoms with Gasteiger partial charge in [-0.25, -0.2) is 0 Å². The summed E-state index contributed by atoms with van der Waals surface area (Å²) in [5.74, 6) is 0.336. The monoisotopic (exact) mass is 319 g/mol. The van der Waals surface area contributed by atoms with Crippen molar-refractivity contribution in [3.05, 3.63) is 34.9 Å². The molecule has 3 fully saturated rings. The third-order valence-corrected chi connectivity index (χ3v) is 5.99. The van der Waals surface area contributed by atoms with Gasteiger partial charge in [-0.05, 0) is 43.4 Å². The summed E-state index contributed by atoms with van der Waals surface area (Å²) >= 11 is 6.04. The first-order valence-electron chi connectivity index (χ1n) is 8.37. The van der Waals surface area contributed by atoms with Crippen molar-refractivity contribution in [1.29, 1.82) is 0 Å². The topological polar surface area (TPSA) is 29.5 Å². The molecule has 0 aromatic heterocycles. The van der Waals surface area contributed by atoms with Gasteiger partial charge in [-0.15, -0.1) is 0 Å². The number of benzene rings is 1. The summed E-state index contributed by atoms with van der Waals surface area (Å²) in [7, 11) is 0. The minimum absolute atomic E-state index is 0.288. The van der Waals surface area contributed by atoms with Crippen LogP contribution in [0.4, 0.5) is 0 Å². The molecule has 1 saturated carbocycles. The van der Waals surface area contributed by atoms with E-state index in [2.05, 4.69) is 4.90 Å². The van der Waals surface area contributed by atoms with Gasteiger partial charge in [-0.1, -0.05) is 36.6 Å². The number of nitrogens with zero attached hydrogens (tertiary/aromatic N) is 1. The maximum Gasteiger partial charge on any atom is 0.233 e. The van der Waals surface area contributed by atoms with Crippen molar-refractivity contribution in [1.82, 2.24) is 4.90 Å². The Labute approximate surface area is 136 Å². The average Bonchev–Trinajstić information content (AvgIpc) is 3.11. The lowest BCUT2D eigenvalue weighted by Crippen LogP contribution is -2.55. The van der Waals surface area contributed by atoms with Gasteiger partial charge in [-0.3, -0.25) is 4.79 Å². The van der Waals surface area contributed by atoms with Crippen LogP contribution in [0.5, 0.6) is 0 Å². The number of fused-ring (bicyclic) bond motifs is 2. The molecule has 2 heterocycles. The lowest BCUT2D eigenvalue weighted by atomic mass is 9.77. The smallest absolute Gasteiger partial charge is 0.233 e. The van der Waals surface area contributed by atoms with E-state index >= 15 is 0 Å². The Hall–Kier alpha value is -1.06. The van der Waals surface area contributed by atoms with Crippen molar-refractivity contribution in [3.63, 3.8) is 0 Å². The Morgan fingerprint density at radius 2 is 1.68 bits per heavy atom. The first kappa shape index (κ1) is 14.5. The SMILES string of the molecule is O=C(N1[C@@H]2CC[C@H]1COC2)C1(c2ccc(Cl)cc2)CCCC1. The molecule has 4 heteroatoms. The van der Waals surface area contributed by atoms with Gasteiger partial charge in [0.1, 0.15) is 0 Å². The summed E-state index contributed by atoms with van der Waals surface area (Å²) < 4.78 is 5.64. The van der Waals surface area contributed by atoms with Crippen LogP contribution in [0.3, 0.4) is 0 Å². The quantitative estimate of drug-likeness (QED) is 0.834. The number of amides is 1. The molecular formula is C18H22ClNO2. The standard InChI is InChI=1S/C18H22ClNO2/c19-14-5-3-13(4-6-14)18(9-1-2-10-18)17(21)20-15-7-8-16(20)12-22-11-15/h3-6,15-16H,1-2,7-12H2/t15-,16+. The van der Waals surface area contributed by atoms with Crippen LogP contribution in [-0.4, -0.2) is 36.1 Å². The van der Waals surface area contributed by atoms with Gasteiger partial charge in [-0.2, -0.15) is 0 Å². The third kappa shape index (κ3) is 2.17. The zero-order valence-electron chi connectivity index (χ0n) is 12.8. The van der Waals surface area contributed by atoms with Crippen LogP contribution in [0.25, 0.3) is 0 Å². The molecule has 1 aromatic rings. The molecule has 1 aliphatic carbocycles. The lowest BCUT2D eigenvalue weighted by molar-refractivity contribution is -0.147. The maximum absolute atomic E-state index is 13.5. The number of carbonyl (C=O) groups is 1. The van der Waals surface area contributed by atoms with E-state index in [0.717, 1.165) is 49.1 Å². The fourth-order valence-electron chi connectivity index (χ4n) is 4.58. The van der Waals surface area contributed by atoms with E-state index in [0.29, 0.717) is 19.1 Å². The van der Waals surface area contributed by atoms with Gasteiger partial charge in [0, 0.05) is 5.02 Å². The summed E-state index contributed by atoms with van der Waals surface area (Å²) in [6, 6.07) is 8.50. The second-order valence-electron chi connectivity index (χ2n) is 6.93. The highest BCUT2D eigenvalue weighted by molar-refractivity contribution is 6.30. The number of hydrogen-bond donors (Lipinski definition) is 0. The van der Waals surface area contributed by atoms with Crippen LogP contribution >= 0.6 is 11.6 Å². The predicted molar refractivity (Wildman–Crippen MR) is 86.1 cm³/mol. The summed E-state index contributed by atoms with van der Waals surface area (Å²) in [5.41, 5.74) is 0.813. The van der Waals surface area contributed by atoms with Crippen molar-refractivity contribution < 1.29 is 9.53 Å². The van der Waals surface area contributed by atoms with Crippen molar-refractivity contribution in [2.75, 3.05) is 13.2 Å². The van der Waals surface area contributed by atoms with E-state index in [4.69, 9.17) is 16.3 Å². The van der Waals surface area contributed by atoms with Gasteiger partial charge < -0.3 is 9.64 Å². The Morgan fingerprint density at radius 1 is 1.09 bits per heavy atom. The van der Waals surface area contributed by atoms with Gasteiger partial charge in [0.2, 0.25) is 5.91 Å². The minimum atomic E-state index is -0.331. The zero-order chi connectivity index (χ0) is 15.2. The van der Waals surface area contributed by atoms with E-state index in [1.54, 1.807) is 0 Å². The van der Waals surface area contributed by atoms with Crippen LogP contribution in [-0.2, 0) is 14.9 Å². The highest BCUT2D eigenvalue weighted by Crippen LogP contribution is 2.45. The molecule has 0 N–H and O–H groups in total. The zero-order valence-corrected chi connectivity index (χ0v) is 13.5. The third-order valence-electron chi connectivity index (χ3n) is 5.74. The fourth-order valence-corrected chi connectivity index (χ4v) is 4.71. The molecule has 2 atom stereocenters. The van der Waals surface area contributed by atoms with E-state index in [1.807, 2.05) is 24.3 Å². The molecule has 22 heavy (non-hydrogen) atoms. The molecule has 3 aliphatic rings. The molecule has 4 rings (SSSR count). The second kappa shape index (κ2) is 5.54. The largest absolute Gasteiger partial charge is 0.377 e. The normalized spacial score (nSPS) is 29.8. The fraction of sp³-hybridized carbons (Fsp3) is 0.611. The number of hydrogen-bond acceptors (Lipinski definition) is 2. The number of rotatable bonds is 2. The maximum atomic E-state index is 13.5. The first-order chi connectivity index (χ1) is 10.7. The second-order valence-corrected chi connectivity index (χ2v) is 7.37. The van der Waals surface area contributed by atoms with Crippen LogP contribution in [0, 0.1) is 0 Å². The van der Waals surface area contributed by atoms with Gasteiger partial charge >= 0.3 is 0 Å². The molecule has 3 nitrogen and oxygen atoms in total. The molecule has 0 unspecified atom stereocenters. The molecule has 0 spiro atoms. The minimum Gasteiger partial charge on any atom is -0.377 e. The molecule has 2 aliphatic heterocycles. The van der Waals surface area contributed by atoms with Gasteiger partial charge in [0.05, 0.1) is 30.7 Å². The van der Waals surface area contributed by atoms with Gasteiger partial charge in [0.25, 0.3) is 0 Å². The number of halogens is 1. The molecular weight excluding hydrogens is 298 g/mol. The Kier molecular flexibility index (Phi) is 3.66. The molecule has 2 saturated heterocycles. The van der Waals surface area contributed by atoms with Crippen molar-refractivity contribution in [3.8, 4) is 0 Å². The van der Waals surface area contributed by atoms with E-state index in [9.17, 15) is 4.79 Å². The number of ether oxygens (including phenoxy) is 1. The summed E-state index contributed by atoms with van der Waals surface area (Å²) in [4.78, 5) is 15.7. The molecule has 1 amide bonds. The average molecular weight is 320 g/mol. The van der Waals surface area contributed by atoms with Crippen molar-refractivity contribution >= 4 is 17.5 Å². The first-order valence-corrected chi connectivity index (χ1v) is 8.75. The Balaban J connectivity index is 1.70. The van der Waals surface area contributed by atoms with E-state index in [1.165, 1.54) is 0 Å². The lowest BCUT2D eigenvalue weighted by Gasteiger charge is -2.41. The van der Waals surface area contributed by atoms with Gasteiger partial charge in [0.15, 0.2) is 0 Å². The molecule has 1 aromatic carbocycles. The van der Waals surface area contributed by atoms with Crippen LogP contribution in [0.2, 0.25) is 5.02 Å². The van der Waals surface area contributed by atoms with Crippen LogP contribution in [0.15, 0.2) is 24.3 Å². The van der Waals surface area contributed by atoms with Crippen molar-refractivity contribution in [2.45, 2.75) is 56.0 Å². The van der Waals surface area contributed by atoms with Crippen molar-refractivity contribution in [2.24, 2.45) is 0 Å². The number of carbonyl (C=O) groups excluding carboxylic acids is 1. The van der Waals surface area contributed by atoms with E-state index < -0.39 is 0 Å². The van der Waals surface area contributed by atoms with Crippen LogP contribution < -0.4 is 0 Å². The molecule has 0 radical (unpaired) electrons. The number of morpholine rings is 1. The Bertz CT molecular complexity index is 549.